The third-order valence-corrected chi connectivity index (χ3v) is 3.05. The predicted octanol–water partition coefficient (Wildman–Crippen LogP) is 2.19. The van der Waals surface area contributed by atoms with Crippen molar-refractivity contribution in [3.05, 3.63) is 40.8 Å². The molecule has 96 valence electrons. The zero-order valence-corrected chi connectivity index (χ0v) is 11.1. The first-order chi connectivity index (χ1) is 8.69. The quantitative estimate of drug-likeness (QED) is 0.898. The van der Waals surface area contributed by atoms with Crippen molar-refractivity contribution in [2.75, 3.05) is 0 Å². The molecule has 0 aliphatic carbocycles. The molecule has 0 amide bonds. The van der Waals surface area contributed by atoms with Gasteiger partial charge in [0, 0.05) is 11.9 Å². The summed E-state index contributed by atoms with van der Waals surface area (Å²) in [5, 5.41) is 13.7. The Labute approximate surface area is 107 Å². The number of rotatable bonds is 4. The largest absolute Gasteiger partial charge is 0.392 e. The summed E-state index contributed by atoms with van der Waals surface area (Å²) in [6, 6.07) is 4.08. The number of pyridine rings is 1. The van der Waals surface area contributed by atoms with E-state index in [9.17, 15) is 0 Å². The molecule has 0 fully saturated rings. The van der Waals surface area contributed by atoms with Gasteiger partial charge in [0.25, 0.3) is 0 Å². The first kappa shape index (κ1) is 12.8. The third-order valence-electron chi connectivity index (χ3n) is 3.05. The molecule has 4 nitrogen and oxygen atoms in total. The molecule has 0 radical (unpaired) electrons. The van der Waals surface area contributed by atoms with Crippen LogP contribution in [0.5, 0.6) is 0 Å². The second-order valence-corrected chi connectivity index (χ2v) is 4.39. The minimum Gasteiger partial charge on any atom is -0.392 e. The van der Waals surface area contributed by atoms with E-state index in [0.717, 1.165) is 35.5 Å². The molecule has 0 saturated heterocycles. The van der Waals surface area contributed by atoms with Crippen LogP contribution in [0.25, 0.3) is 5.82 Å². The summed E-state index contributed by atoms with van der Waals surface area (Å²) in [5.74, 6) is 0.851. The fourth-order valence-electron chi connectivity index (χ4n) is 2.02. The number of hydrogen-bond donors (Lipinski definition) is 1. The van der Waals surface area contributed by atoms with Crippen LogP contribution in [0.2, 0.25) is 0 Å². The van der Waals surface area contributed by atoms with E-state index in [0.29, 0.717) is 0 Å². The van der Waals surface area contributed by atoms with Crippen LogP contribution < -0.4 is 0 Å². The van der Waals surface area contributed by atoms with E-state index in [4.69, 9.17) is 5.11 Å². The number of aliphatic hydroxyl groups is 1. The van der Waals surface area contributed by atoms with E-state index in [2.05, 4.69) is 30.0 Å². The lowest BCUT2D eigenvalue weighted by atomic mass is 10.2. The number of aryl methyl sites for hydroxylation is 3. The van der Waals surface area contributed by atoms with Crippen LogP contribution in [0.15, 0.2) is 18.3 Å². The van der Waals surface area contributed by atoms with E-state index in [1.807, 2.05) is 17.7 Å². The molecule has 4 heteroatoms. The summed E-state index contributed by atoms with van der Waals surface area (Å²) in [4.78, 5) is 4.42. The monoisotopic (exact) mass is 245 g/mol. The van der Waals surface area contributed by atoms with Crippen LogP contribution in [-0.4, -0.2) is 19.9 Å². The lowest BCUT2D eigenvalue weighted by Crippen LogP contribution is -2.07. The summed E-state index contributed by atoms with van der Waals surface area (Å²) < 4.78 is 1.91. The van der Waals surface area contributed by atoms with Gasteiger partial charge >= 0.3 is 0 Å². The van der Waals surface area contributed by atoms with Gasteiger partial charge in [0.2, 0.25) is 0 Å². The van der Waals surface area contributed by atoms with Crippen LogP contribution in [0.4, 0.5) is 0 Å². The highest BCUT2D eigenvalue weighted by Crippen LogP contribution is 2.16. The molecule has 2 rings (SSSR count). The summed E-state index contributed by atoms with van der Waals surface area (Å²) in [6.07, 6.45) is 3.55. The van der Waals surface area contributed by atoms with Gasteiger partial charge in [0.05, 0.1) is 12.3 Å². The molecule has 0 saturated carbocycles. The maximum Gasteiger partial charge on any atom is 0.156 e. The third kappa shape index (κ3) is 2.29. The molecule has 0 spiro atoms. The van der Waals surface area contributed by atoms with E-state index >= 15 is 0 Å². The van der Waals surface area contributed by atoms with Crippen molar-refractivity contribution in [1.29, 1.82) is 0 Å². The van der Waals surface area contributed by atoms with Crippen molar-refractivity contribution in [1.82, 2.24) is 14.8 Å². The van der Waals surface area contributed by atoms with Gasteiger partial charge in [0.15, 0.2) is 5.82 Å². The summed E-state index contributed by atoms with van der Waals surface area (Å²) in [5.41, 5.74) is 4.11. The van der Waals surface area contributed by atoms with E-state index in [1.165, 1.54) is 5.69 Å². The predicted molar refractivity (Wildman–Crippen MR) is 70.8 cm³/mol. The summed E-state index contributed by atoms with van der Waals surface area (Å²) in [7, 11) is 0. The molecular formula is C14H19N3O. The molecular weight excluding hydrogens is 226 g/mol. The zero-order valence-electron chi connectivity index (χ0n) is 11.1. The van der Waals surface area contributed by atoms with E-state index in [-0.39, 0.29) is 6.61 Å². The van der Waals surface area contributed by atoms with Crippen molar-refractivity contribution in [2.45, 2.75) is 40.2 Å². The molecule has 1 N–H and O–H groups in total. The second-order valence-electron chi connectivity index (χ2n) is 4.39. The molecule has 0 unspecified atom stereocenters. The first-order valence-electron chi connectivity index (χ1n) is 6.34. The van der Waals surface area contributed by atoms with Crippen LogP contribution in [0.1, 0.15) is 36.4 Å². The number of hydrogen-bond acceptors (Lipinski definition) is 3. The van der Waals surface area contributed by atoms with Crippen molar-refractivity contribution in [3.8, 4) is 5.82 Å². The summed E-state index contributed by atoms with van der Waals surface area (Å²) in [6.45, 7) is 6.23. The van der Waals surface area contributed by atoms with Gasteiger partial charge in [-0.15, -0.1) is 0 Å². The Morgan fingerprint density at radius 2 is 2.00 bits per heavy atom. The van der Waals surface area contributed by atoms with Gasteiger partial charge in [-0.2, -0.15) is 5.10 Å². The molecule has 0 aliphatic heterocycles. The Bertz CT molecular complexity index is 546. The van der Waals surface area contributed by atoms with Crippen LogP contribution >= 0.6 is 0 Å². The van der Waals surface area contributed by atoms with Crippen LogP contribution in [0, 0.1) is 6.92 Å². The number of aliphatic hydroxyl groups excluding tert-OH is 1. The van der Waals surface area contributed by atoms with Gasteiger partial charge in [-0.05, 0) is 43.0 Å². The fraction of sp³-hybridized carbons (Fsp3) is 0.429. The topological polar surface area (TPSA) is 50.9 Å². The van der Waals surface area contributed by atoms with Gasteiger partial charge in [-0.3, -0.25) is 0 Å². The highest BCUT2D eigenvalue weighted by molar-refractivity contribution is 5.36. The Hall–Kier alpha value is -1.68. The van der Waals surface area contributed by atoms with E-state index in [1.54, 1.807) is 6.20 Å². The maximum atomic E-state index is 9.10. The minimum atomic E-state index is 0.0219. The Morgan fingerprint density at radius 1 is 1.22 bits per heavy atom. The smallest absolute Gasteiger partial charge is 0.156 e. The molecule has 0 aliphatic rings. The molecule has 2 aromatic heterocycles. The van der Waals surface area contributed by atoms with Crippen molar-refractivity contribution in [3.63, 3.8) is 0 Å². The van der Waals surface area contributed by atoms with Gasteiger partial charge in [-0.25, -0.2) is 9.67 Å². The van der Waals surface area contributed by atoms with Gasteiger partial charge < -0.3 is 5.11 Å². The molecule has 2 heterocycles. The zero-order chi connectivity index (χ0) is 13.1. The Kier molecular flexibility index (Phi) is 3.77. The van der Waals surface area contributed by atoms with Crippen molar-refractivity contribution >= 4 is 0 Å². The SMILES string of the molecule is CCc1cc(CC)n(-c2ncc(CO)cc2C)n1. The van der Waals surface area contributed by atoms with E-state index < -0.39 is 0 Å². The molecule has 0 aromatic carbocycles. The Morgan fingerprint density at radius 3 is 2.56 bits per heavy atom. The van der Waals surface area contributed by atoms with Crippen LogP contribution in [-0.2, 0) is 19.4 Å². The average molecular weight is 245 g/mol. The maximum absolute atomic E-state index is 9.10. The first-order valence-corrected chi connectivity index (χ1v) is 6.34. The molecule has 0 atom stereocenters. The lowest BCUT2D eigenvalue weighted by molar-refractivity contribution is 0.281. The van der Waals surface area contributed by atoms with Crippen LogP contribution in [0.3, 0.4) is 0 Å². The Balaban J connectivity index is 2.50. The number of nitrogens with zero attached hydrogens (tertiary/aromatic N) is 3. The average Bonchev–Trinajstić information content (AvgIpc) is 2.81. The van der Waals surface area contributed by atoms with Gasteiger partial charge in [-0.1, -0.05) is 13.8 Å². The molecule has 18 heavy (non-hydrogen) atoms. The highest BCUT2D eigenvalue weighted by atomic mass is 16.3. The normalized spacial score (nSPS) is 10.9. The highest BCUT2D eigenvalue weighted by Gasteiger charge is 2.11. The summed E-state index contributed by atoms with van der Waals surface area (Å²) >= 11 is 0. The molecule has 2 aromatic rings. The minimum absolute atomic E-state index is 0.0219. The molecule has 0 bridgehead atoms. The number of aromatic nitrogens is 3. The van der Waals surface area contributed by atoms with Gasteiger partial charge in [0.1, 0.15) is 0 Å². The van der Waals surface area contributed by atoms with Crippen molar-refractivity contribution < 1.29 is 5.11 Å². The lowest BCUT2D eigenvalue weighted by Gasteiger charge is -2.09. The second kappa shape index (κ2) is 5.31. The fourth-order valence-corrected chi connectivity index (χ4v) is 2.02. The van der Waals surface area contributed by atoms with Crippen molar-refractivity contribution in [2.24, 2.45) is 0 Å². The standard InChI is InChI=1S/C14H19N3O/c1-4-12-7-13(5-2)17(16-12)14-10(3)6-11(9-18)8-15-14/h6-8,18H,4-5,9H2,1-3H3.